The molecule has 0 saturated carbocycles. The van der Waals surface area contributed by atoms with Crippen molar-refractivity contribution in [2.75, 3.05) is 0 Å². The fraction of sp³-hybridized carbons (Fsp3) is 0. The van der Waals surface area contributed by atoms with Crippen molar-refractivity contribution in [3.63, 3.8) is 0 Å². The molecule has 55 heavy (non-hydrogen) atoms. The maximum Gasteiger partial charge on any atom is 0.164 e. The number of benzene rings is 8. The topological polar surface area (TPSA) is 43.6 Å². The summed E-state index contributed by atoms with van der Waals surface area (Å²) in [5, 5.41) is 3.70. The van der Waals surface area contributed by atoms with Crippen LogP contribution in [0.25, 0.3) is 94.9 Å². The molecule has 258 valence electrons. The number of rotatable bonds is 7. The molecule has 0 atom stereocenters. The van der Waals surface area contributed by atoms with E-state index in [1.54, 1.807) is 0 Å². The highest BCUT2D eigenvalue weighted by Gasteiger charge is 2.16. The van der Waals surface area contributed by atoms with E-state index < -0.39 is 0 Å². The maximum absolute atomic E-state index is 4.97. The third-order valence-electron chi connectivity index (χ3n) is 10.2. The van der Waals surface area contributed by atoms with Crippen molar-refractivity contribution < 1.29 is 0 Å². The molecule has 0 N–H and O–H groups in total. The lowest BCUT2D eigenvalue weighted by atomic mass is 9.95. The van der Waals surface area contributed by atoms with Gasteiger partial charge in [-0.15, -0.1) is 0 Å². The van der Waals surface area contributed by atoms with Crippen molar-refractivity contribution in [2.24, 2.45) is 0 Å². The highest BCUT2D eigenvalue weighted by atomic mass is 15.0. The fourth-order valence-corrected chi connectivity index (χ4v) is 7.46. The van der Waals surface area contributed by atoms with Gasteiger partial charge in [-0.3, -0.25) is 0 Å². The third kappa shape index (κ3) is 6.26. The van der Waals surface area contributed by atoms with E-state index in [-0.39, 0.29) is 0 Å². The van der Waals surface area contributed by atoms with Crippen molar-refractivity contribution in [3.8, 4) is 73.2 Å². The van der Waals surface area contributed by atoms with Crippen LogP contribution < -0.4 is 0 Å². The summed E-state index contributed by atoms with van der Waals surface area (Å²) in [5.41, 5.74) is 12.1. The van der Waals surface area contributed by atoms with E-state index in [1.165, 1.54) is 32.8 Å². The van der Waals surface area contributed by atoms with Gasteiger partial charge in [-0.05, 0) is 81.1 Å². The quantitative estimate of drug-likeness (QED) is 0.166. The minimum Gasteiger partial charge on any atom is -0.316 e. The Labute approximate surface area is 319 Å². The van der Waals surface area contributed by atoms with Gasteiger partial charge in [0.1, 0.15) is 0 Å². The van der Waals surface area contributed by atoms with Crippen LogP contribution in [0.5, 0.6) is 0 Å². The smallest absolute Gasteiger partial charge is 0.164 e. The standard InChI is InChI=1S/C51H34N4/c1-4-15-35(16-5-1)49-52-50(36-17-6-2-7-18-36)54-51(53-49)44-26-14-24-40(31-44)38-22-12-21-37(29-38)39-23-13-25-43(30-39)47-34-55(45-27-8-3-9-28-45)48-33-42-20-11-10-19-41(42)32-46(47)48/h1-34H. The first-order valence-electron chi connectivity index (χ1n) is 18.5. The lowest BCUT2D eigenvalue weighted by Crippen LogP contribution is -2.00. The molecule has 0 amide bonds. The molecule has 4 heteroatoms. The SMILES string of the molecule is c1ccc(-c2nc(-c3ccccc3)nc(-c3cccc(-c4cccc(-c5cccc(-c6cn(-c7ccccc7)c7cc8ccccc8cc67)c5)c4)c3)n2)cc1. The molecule has 10 aromatic rings. The van der Waals surface area contributed by atoms with Gasteiger partial charge in [0.25, 0.3) is 0 Å². The molecule has 2 aromatic heterocycles. The molecule has 10 rings (SSSR count). The van der Waals surface area contributed by atoms with Gasteiger partial charge in [0, 0.05) is 39.5 Å². The predicted octanol–water partition coefficient (Wildman–Crippen LogP) is 13.0. The third-order valence-corrected chi connectivity index (χ3v) is 10.2. The number of aromatic nitrogens is 4. The average molecular weight is 703 g/mol. The summed E-state index contributed by atoms with van der Waals surface area (Å²) in [4.78, 5) is 14.8. The zero-order valence-electron chi connectivity index (χ0n) is 29.9. The fourth-order valence-electron chi connectivity index (χ4n) is 7.46. The number of hydrogen-bond acceptors (Lipinski definition) is 3. The van der Waals surface area contributed by atoms with Gasteiger partial charge in [0.15, 0.2) is 17.5 Å². The molecule has 0 bridgehead atoms. The van der Waals surface area contributed by atoms with Crippen molar-refractivity contribution in [1.29, 1.82) is 0 Å². The molecular weight excluding hydrogens is 669 g/mol. The van der Waals surface area contributed by atoms with E-state index in [4.69, 9.17) is 15.0 Å². The molecule has 0 aliphatic carbocycles. The second-order valence-electron chi connectivity index (χ2n) is 13.7. The molecule has 4 nitrogen and oxygen atoms in total. The van der Waals surface area contributed by atoms with E-state index in [0.717, 1.165) is 44.6 Å². The Morgan fingerprint density at radius 3 is 1.27 bits per heavy atom. The zero-order valence-corrected chi connectivity index (χ0v) is 29.9. The normalized spacial score (nSPS) is 11.3. The second kappa shape index (κ2) is 13.8. The first-order valence-corrected chi connectivity index (χ1v) is 18.5. The van der Waals surface area contributed by atoms with Crippen LogP contribution in [0.2, 0.25) is 0 Å². The van der Waals surface area contributed by atoms with Gasteiger partial charge >= 0.3 is 0 Å². The van der Waals surface area contributed by atoms with Crippen LogP contribution in [0.4, 0.5) is 0 Å². The van der Waals surface area contributed by atoms with Crippen molar-refractivity contribution in [2.45, 2.75) is 0 Å². The molecule has 0 fully saturated rings. The van der Waals surface area contributed by atoms with Gasteiger partial charge in [-0.1, -0.05) is 158 Å². The van der Waals surface area contributed by atoms with E-state index >= 15 is 0 Å². The van der Waals surface area contributed by atoms with Gasteiger partial charge in [-0.2, -0.15) is 0 Å². The van der Waals surface area contributed by atoms with Gasteiger partial charge < -0.3 is 4.57 Å². The van der Waals surface area contributed by atoms with Crippen LogP contribution in [-0.2, 0) is 0 Å². The average Bonchev–Trinajstić information content (AvgIpc) is 3.65. The molecule has 0 aliphatic heterocycles. The Morgan fingerprint density at radius 1 is 0.309 bits per heavy atom. The highest BCUT2D eigenvalue weighted by molar-refractivity contribution is 6.05. The van der Waals surface area contributed by atoms with E-state index in [1.807, 2.05) is 60.7 Å². The Balaban J connectivity index is 1.03. The van der Waals surface area contributed by atoms with Crippen molar-refractivity contribution in [1.82, 2.24) is 19.5 Å². The first-order chi connectivity index (χ1) is 27.2. The molecule has 0 unspecified atom stereocenters. The van der Waals surface area contributed by atoms with Gasteiger partial charge in [-0.25, -0.2) is 15.0 Å². The molecule has 2 heterocycles. The summed E-state index contributed by atoms with van der Waals surface area (Å²) < 4.78 is 2.31. The minimum atomic E-state index is 0.640. The van der Waals surface area contributed by atoms with Gasteiger partial charge in [0.05, 0.1) is 5.52 Å². The predicted molar refractivity (Wildman–Crippen MR) is 227 cm³/mol. The highest BCUT2D eigenvalue weighted by Crippen LogP contribution is 2.38. The second-order valence-corrected chi connectivity index (χ2v) is 13.7. The zero-order chi connectivity index (χ0) is 36.6. The molecule has 8 aromatic carbocycles. The largest absolute Gasteiger partial charge is 0.316 e. The lowest BCUT2D eigenvalue weighted by Gasteiger charge is -2.11. The Hall–Kier alpha value is -7.43. The Morgan fingerprint density at radius 2 is 0.709 bits per heavy atom. The molecular formula is C51H34N4. The summed E-state index contributed by atoms with van der Waals surface area (Å²) in [6.07, 6.45) is 2.29. The first kappa shape index (κ1) is 32.2. The molecule has 0 aliphatic rings. The summed E-state index contributed by atoms with van der Waals surface area (Å²) in [7, 11) is 0. The Kier molecular flexibility index (Phi) is 8.12. The van der Waals surface area contributed by atoms with Gasteiger partial charge in [0.2, 0.25) is 0 Å². The van der Waals surface area contributed by atoms with Crippen molar-refractivity contribution >= 4 is 21.7 Å². The number of hydrogen-bond donors (Lipinski definition) is 0. The monoisotopic (exact) mass is 702 g/mol. The summed E-state index contributed by atoms with van der Waals surface area (Å²) in [5.74, 6) is 1.94. The van der Waals surface area contributed by atoms with E-state index in [9.17, 15) is 0 Å². The number of para-hydroxylation sites is 1. The number of fused-ring (bicyclic) bond motifs is 2. The summed E-state index contributed by atoms with van der Waals surface area (Å²) >= 11 is 0. The molecule has 0 spiro atoms. The van der Waals surface area contributed by atoms with Crippen LogP contribution in [-0.4, -0.2) is 19.5 Å². The minimum absolute atomic E-state index is 0.640. The van der Waals surface area contributed by atoms with Crippen molar-refractivity contribution in [3.05, 3.63) is 206 Å². The lowest BCUT2D eigenvalue weighted by molar-refractivity contribution is 1.07. The summed E-state index contributed by atoms with van der Waals surface area (Å²) in [6, 6.07) is 70.2. The van der Waals surface area contributed by atoms with E-state index in [2.05, 4.69) is 150 Å². The van der Waals surface area contributed by atoms with Crippen LogP contribution in [0.15, 0.2) is 206 Å². The molecule has 0 saturated heterocycles. The van der Waals surface area contributed by atoms with Crippen LogP contribution in [0.3, 0.4) is 0 Å². The van der Waals surface area contributed by atoms with E-state index in [0.29, 0.717) is 17.5 Å². The van der Waals surface area contributed by atoms with Crippen LogP contribution >= 0.6 is 0 Å². The Bertz CT molecular complexity index is 2910. The molecule has 0 radical (unpaired) electrons. The maximum atomic E-state index is 4.97. The van der Waals surface area contributed by atoms with Crippen LogP contribution in [0, 0.1) is 0 Å². The summed E-state index contributed by atoms with van der Waals surface area (Å²) in [6.45, 7) is 0. The number of nitrogens with zero attached hydrogens (tertiary/aromatic N) is 4. The van der Waals surface area contributed by atoms with Crippen LogP contribution in [0.1, 0.15) is 0 Å².